The molecular formula is C7H7FNOP. The van der Waals surface area contributed by atoms with E-state index in [1.54, 1.807) is 0 Å². The van der Waals surface area contributed by atoms with Crippen LogP contribution in [0.4, 0.5) is 4.39 Å². The molecule has 2 nitrogen and oxygen atoms in total. The summed E-state index contributed by atoms with van der Waals surface area (Å²) in [5.74, 6) is -1.07. The van der Waals surface area contributed by atoms with Crippen molar-refractivity contribution in [2.75, 3.05) is 0 Å². The first-order chi connectivity index (χ1) is 5.09. The van der Waals surface area contributed by atoms with Crippen molar-refractivity contribution in [1.82, 2.24) is 0 Å². The third kappa shape index (κ3) is 1.99. The topological polar surface area (TPSA) is 43.1 Å². The number of carbonyl (C=O) groups is 1. The molecular weight excluding hydrogens is 164 g/mol. The number of primary amides is 1. The lowest BCUT2D eigenvalue weighted by atomic mass is 10.2. The number of hydrogen-bond acceptors (Lipinski definition) is 1. The first kappa shape index (κ1) is 8.15. The Labute approximate surface area is 65.8 Å². The van der Waals surface area contributed by atoms with Crippen LogP contribution < -0.4 is 11.0 Å². The highest BCUT2D eigenvalue weighted by atomic mass is 31.0. The molecule has 1 atom stereocenters. The number of rotatable bonds is 1. The summed E-state index contributed by atoms with van der Waals surface area (Å²) in [5.41, 5.74) is 5.13. The van der Waals surface area contributed by atoms with Crippen LogP contribution in [0.1, 0.15) is 10.4 Å². The van der Waals surface area contributed by atoms with Gasteiger partial charge >= 0.3 is 0 Å². The molecule has 0 bridgehead atoms. The van der Waals surface area contributed by atoms with E-state index in [1.807, 2.05) is 0 Å². The monoisotopic (exact) mass is 171 g/mol. The largest absolute Gasteiger partial charge is 0.366 e. The van der Waals surface area contributed by atoms with Crippen LogP contribution in [-0.4, -0.2) is 5.91 Å². The Balaban J connectivity index is 3.19. The molecule has 11 heavy (non-hydrogen) atoms. The lowest BCUT2D eigenvalue weighted by molar-refractivity contribution is 0.1000. The molecule has 0 aromatic heterocycles. The van der Waals surface area contributed by atoms with Crippen LogP contribution in [0.15, 0.2) is 18.2 Å². The maximum Gasteiger partial charge on any atom is 0.248 e. The van der Waals surface area contributed by atoms with Crippen molar-refractivity contribution in [3.8, 4) is 0 Å². The average molecular weight is 171 g/mol. The van der Waals surface area contributed by atoms with Gasteiger partial charge in [0.05, 0.1) is 0 Å². The molecule has 2 N–H and O–H groups in total. The SMILES string of the molecule is NC(=O)c1cc(F)cc(P)c1. The van der Waals surface area contributed by atoms with Gasteiger partial charge in [0.25, 0.3) is 0 Å². The van der Waals surface area contributed by atoms with Crippen LogP contribution in [0.5, 0.6) is 0 Å². The molecule has 58 valence electrons. The Hall–Kier alpha value is -0.950. The molecule has 1 aromatic rings. The number of nitrogens with two attached hydrogens (primary N) is 1. The van der Waals surface area contributed by atoms with Gasteiger partial charge in [0.15, 0.2) is 0 Å². The zero-order chi connectivity index (χ0) is 8.43. The van der Waals surface area contributed by atoms with E-state index >= 15 is 0 Å². The second-order valence-corrected chi connectivity index (χ2v) is 2.80. The Morgan fingerprint density at radius 2 is 2.09 bits per heavy atom. The number of carbonyl (C=O) groups excluding carboxylic acids is 1. The molecule has 1 rings (SSSR count). The Kier molecular flexibility index (Phi) is 2.20. The molecule has 0 aliphatic heterocycles. The predicted octanol–water partition coefficient (Wildman–Crippen LogP) is 0.425. The summed E-state index contributed by atoms with van der Waals surface area (Å²) in [6.07, 6.45) is 0. The summed E-state index contributed by atoms with van der Waals surface area (Å²) in [5, 5.41) is 0.610. The fourth-order valence-corrected chi connectivity index (χ4v) is 1.09. The third-order valence-corrected chi connectivity index (χ3v) is 1.54. The van der Waals surface area contributed by atoms with Crippen molar-refractivity contribution >= 4 is 20.5 Å². The fourth-order valence-electron chi connectivity index (χ4n) is 0.755. The summed E-state index contributed by atoms with van der Waals surface area (Å²) in [7, 11) is 2.29. The van der Waals surface area contributed by atoms with Crippen molar-refractivity contribution < 1.29 is 9.18 Å². The molecule has 4 heteroatoms. The van der Waals surface area contributed by atoms with Gasteiger partial charge in [-0.2, -0.15) is 0 Å². The van der Waals surface area contributed by atoms with Gasteiger partial charge < -0.3 is 5.73 Å². The van der Waals surface area contributed by atoms with Crippen LogP contribution in [-0.2, 0) is 0 Å². The van der Waals surface area contributed by atoms with Crippen molar-refractivity contribution in [3.05, 3.63) is 29.6 Å². The molecule has 0 saturated carbocycles. The van der Waals surface area contributed by atoms with Gasteiger partial charge in [0.2, 0.25) is 5.91 Å². The first-order valence-electron chi connectivity index (χ1n) is 2.95. The zero-order valence-corrected chi connectivity index (χ0v) is 6.83. The maximum absolute atomic E-state index is 12.6. The summed E-state index contributed by atoms with van der Waals surface area (Å²) >= 11 is 0. The summed E-state index contributed by atoms with van der Waals surface area (Å²) in [6.45, 7) is 0. The maximum atomic E-state index is 12.6. The van der Waals surface area contributed by atoms with E-state index in [0.29, 0.717) is 5.30 Å². The van der Waals surface area contributed by atoms with E-state index in [4.69, 9.17) is 5.73 Å². The number of halogens is 1. The Morgan fingerprint density at radius 1 is 1.45 bits per heavy atom. The summed E-state index contributed by atoms with van der Waals surface area (Å²) in [6, 6.07) is 3.92. The lowest BCUT2D eigenvalue weighted by Crippen LogP contribution is -2.13. The molecule has 0 fully saturated rings. The van der Waals surface area contributed by atoms with Gasteiger partial charge in [-0.3, -0.25) is 4.79 Å². The van der Waals surface area contributed by atoms with E-state index in [-0.39, 0.29) is 5.56 Å². The average Bonchev–Trinajstić information content (AvgIpc) is 1.85. The van der Waals surface area contributed by atoms with Gasteiger partial charge in [-0.1, -0.05) is 0 Å². The van der Waals surface area contributed by atoms with Crippen molar-refractivity contribution in [1.29, 1.82) is 0 Å². The molecule has 0 aliphatic carbocycles. The van der Waals surface area contributed by atoms with E-state index in [1.165, 1.54) is 12.1 Å². The molecule has 0 spiro atoms. The normalized spacial score (nSPS) is 9.64. The van der Waals surface area contributed by atoms with Crippen LogP contribution in [0.3, 0.4) is 0 Å². The van der Waals surface area contributed by atoms with Crippen molar-refractivity contribution in [3.63, 3.8) is 0 Å². The molecule has 0 radical (unpaired) electrons. The number of benzene rings is 1. The summed E-state index contributed by atoms with van der Waals surface area (Å²) < 4.78 is 12.6. The van der Waals surface area contributed by atoms with E-state index in [9.17, 15) is 9.18 Å². The fraction of sp³-hybridized carbons (Fsp3) is 0. The minimum Gasteiger partial charge on any atom is -0.366 e. The van der Waals surface area contributed by atoms with Crippen LogP contribution >= 0.6 is 9.24 Å². The van der Waals surface area contributed by atoms with Gasteiger partial charge in [0, 0.05) is 5.56 Å². The van der Waals surface area contributed by atoms with Gasteiger partial charge in [0.1, 0.15) is 5.82 Å². The highest BCUT2D eigenvalue weighted by Crippen LogP contribution is 2.02. The molecule has 1 unspecified atom stereocenters. The number of hydrogen-bond donors (Lipinski definition) is 1. The Morgan fingerprint density at radius 3 is 2.55 bits per heavy atom. The summed E-state index contributed by atoms with van der Waals surface area (Å²) in [4.78, 5) is 10.6. The second kappa shape index (κ2) is 2.97. The van der Waals surface area contributed by atoms with E-state index < -0.39 is 11.7 Å². The molecule has 0 saturated heterocycles. The minimum absolute atomic E-state index is 0.190. The van der Waals surface area contributed by atoms with Gasteiger partial charge in [-0.15, -0.1) is 9.24 Å². The first-order valence-corrected chi connectivity index (χ1v) is 3.53. The minimum atomic E-state index is -0.617. The highest BCUT2D eigenvalue weighted by molar-refractivity contribution is 7.27. The van der Waals surface area contributed by atoms with Crippen LogP contribution in [0.25, 0.3) is 0 Å². The molecule has 1 amide bonds. The smallest absolute Gasteiger partial charge is 0.248 e. The second-order valence-electron chi connectivity index (χ2n) is 2.14. The predicted molar refractivity (Wildman–Crippen MR) is 44.3 cm³/mol. The third-order valence-electron chi connectivity index (χ3n) is 1.20. The molecule has 1 aromatic carbocycles. The van der Waals surface area contributed by atoms with Gasteiger partial charge in [-0.25, -0.2) is 4.39 Å². The van der Waals surface area contributed by atoms with Crippen LogP contribution in [0, 0.1) is 5.82 Å². The van der Waals surface area contributed by atoms with E-state index in [0.717, 1.165) is 6.07 Å². The molecule has 0 heterocycles. The highest BCUT2D eigenvalue weighted by Gasteiger charge is 2.02. The molecule has 0 aliphatic rings. The van der Waals surface area contributed by atoms with Gasteiger partial charge in [-0.05, 0) is 23.5 Å². The lowest BCUT2D eigenvalue weighted by Gasteiger charge is -1.97. The standard InChI is InChI=1S/C7H7FNOP/c8-5-1-4(7(9)10)2-6(11)3-5/h1-3H,11H2,(H2,9,10). The van der Waals surface area contributed by atoms with Crippen molar-refractivity contribution in [2.24, 2.45) is 5.73 Å². The Bertz CT molecular complexity index is 280. The number of amides is 1. The zero-order valence-electron chi connectivity index (χ0n) is 5.67. The van der Waals surface area contributed by atoms with Crippen molar-refractivity contribution in [2.45, 2.75) is 0 Å². The van der Waals surface area contributed by atoms with E-state index in [2.05, 4.69) is 9.24 Å². The van der Waals surface area contributed by atoms with Crippen LogP contribution in [0.2, 0.25) is 0 Å². The quantitative estimate of drug-likeness (QED) is 0.611.